The number of carboxylic acid groups (broad SMARTS) is 1. The van der Waals surface area contributed by atoms with Crippen LogP contribution < -0.4 is 15.8 Å². The second-order valence-electron chi connectivity index (χ2n) is 9.01. The van der Waals surface area contributed by atoms with Crippen LogP contribution in [0.5, 0.6) is 5.75 Å². The van der Waals surface area contributed by atoms with E-state index >= 15 is 0 Å². The topological polar surface area (TPSA) is 130 Å². The largest absolute Gasteiger partial charge is 0.497 e. The smallest absolute Gasteiger partial charge is 0.336 e. The van der Waals surface area contributed by atoms with Gasteiger partial charge in [-0.1, -0.05) is 42.5 Å². The van der Waals surface area contributed by atoms with E-state index < -0.39 is 5.97 Å². The molecule has 0 atom stereocenters. The number of methoxy groups -OCH3 is 1. The molecule has 0 fully saturated rings. The Labute approximate surface area is 224 Å². The molecular formula is C31H26N4O4. The number of fused-ring (bicyclic) bond motifs is 1. The number of nitrogens with zero attached hydrogens (tertiary/aromatic N) is 1. The van der Waals surface area contributed by atoms with Crippen LogP contribution in [0, 0.1) is 5.41 Å². The van der Waals surface area contributed by atoms with E-state index in [2.05, 4.69) is 5.32 Å². The average Bonchev–Trinajstić information content (AvgIpc) is 3.31. The molecule has 5 aromatic rings. The highest BCUT2D eigenvalue weighted by Gasteiger charge is 2.19. The minimum Gasteiger partial charge on any atom is -0.497 e. The summed E-state index contributed by atoms with van der Waals surface area (Å²) in [6.45, 7) is 0.371. The second kappa shape index (κ2) is 10.5. The van der Waals surface area contributed by atoms with Crippen LogP contribution in [-0.4, -0.2) is 34.5 Å². The van der Waals surface area contributed by atoms with Crippen LogP contribution in [0.2, 0.25) is 0 Å². The van der Waals surface area contributed by atoms with Crippen molar-refractivity contribution in [1.82, 2.24) is 4.57 Å². The number of carbonyl (C=O) groups is 2. The number of aromatic carboxylic acids is 1. The van der Waals surface area contributed by atoms with Gasteiger partial charge in [-0.3, -0.25) is 10.2 Å². The number of amidine groups is 1. The van der Waals surface area contributed by atoms with Crippen LogP contribution in [0.4, 0.5) is 5.69 Å². The molecule has 8 nitrogen and oxygen atoms in total. The van der Waals surface area contributed by atoms with Crippen LogP contribution in [0.3, 0.4) is 0 Å². The molecule has 0 saturated carbocycles. The molecular weight excluding hydrogens is 492 g/mol. The fourth-order valence-electron chi connectivity index (χ4n) is 4.66. The first kappa shape index (κ1) is 25.3. The maximum absolute atomic E-state index is 13.4. The molecule has 1 heterocycles. The number of nitrogens with one attached hydrogen (secondary N) is 2. The van der Waals surface area contributed by atoms with E-state index in [4.69, 9.17) is 15.9 Å². The Morgan fingerprint density at radius 1 is 0.923 bits per heavy atom. The maximum atomic E-state index is 13.4. The Bertz CT molecular complexity index is 1720. The summed E-state index contributed by atoms with van der Waals surface area (Å²) in [5.41, 5.74) is 10.5. The summed E-state index contributed by atoms with van der Waals surface area (Å²) in [6.07, 6.45) is 1.77. The van der Waals surface area contributed by atoms with E-state index in [0.717, 1.165) is 16.6 Å². The number of rotatable bonds is 8. The van der Waals surface area contributed by atoms with E-state index in [0.29, 0.717) is 40.1 Å². The number of nitrogens with two attached hydrogens (primary N) is 1. The molecule has 8 heteroatoms. The number of nitrogen functional groups attached to an aromatic ring is 1. The molecule has 0 aliphatic rings. The molecule has 0 radical (unpaired) electrons. The molecule has 1 aromatic heterocycles. The highest BCUT2D eigenvalue weighted by atomic mass is 16.5. The van der Waals surface area contributed by atoms with Crippen LogP contribution in [0.1, 0.15) is 31.8 Å². The molecule has 0 aliphatic carbocycles. The predicted molar refractivity (Wildman–Crippen MR) is 152 cm³/mol. The van der Waals surface area contributed by atoms with Crippen molar-refractivity contribution in [2.75, 3.05) is 12.4 Å². The number of aromatic nitrogens is 1. The number of amides is 1. The summed E-state index contributed by atoms with van der Waals surface area (Å²) in [5, 5.41) is 21.4. The maximum Gasteiger partial charge on any atom is 0.336 e. The monoisotopic (exact) mass is 518 g/mol. The van der Waals surface area contributed by atoms with Crippen molar-refractivity contribution in [3.8, 4) is 16.9 Å². The minimum atomic E-state index is -1.05. The number of ether oxygens (including phenoxy) is 1. The van der Waals surface area contributed by atoms with E-state index in [1.165, 1.54) is 13.2 Å². The Kier molecular flexibility index (Phi) is 6.84. The van der Waals surface area contributed by atoms with Crippen molar-refractivity contribution in [3.05, 3.63) is 119 Å². The number of anilines is 1. The third-order valence-electron chi connectivity index (χ3n) is 6.57. The lowest BCUT2D eigenvalue weighted by atomic mass is 9.95. The molecule has 5 rings (SSSR count). The van der Waals surface area contributed by atoms with Crippen molar-refractivity contribution in [2.24, 2.45) is 5.73 Å². The summed E-state index contributed by atoms with van der Waals surface area (Å²) in [5.74, 6) is -0.977. The fourth-order valence-corrected chi connectivity index (χ4v) is 4.66. The molecule has 0 bridgehead atoms. The second-order valence-corrected chi connectivity index (χ2v) is 9.01. The molecule has 0 spiro atoms. The summed E-state index contributed by atoms with van der Waals surface area (Å²) >= 11 is 0. The molecule has 39 heavy (non-hydrogen) atoms. The zero-order chi connectivity index (χ0) is 27.5. The van der Waals surface area contributed by atoms with E-state index in [-0.39, 0.29) is 17.3 Å². The van der Waals surface area contributed by atoms with Gasteiger partial charge in [-0.25, -0.2) is 4.79 Å². The van der Waals surface area contributed by atoms with Crippen molar-refractivity contribution >= 4 is 34.3 Å². The van der Waals surface area contributed by atoms with Crippen LogP contribution in [0.25, 0.3) is 22.0 Å². The first-order chi connectivity index (χ1) is 18.9. The van der Waals surface area contributed by atoms with Gasteiger partial charge in [0.2, 0.25) is 0 Å². The number of benzene rings is 4. The number of carboxylic acids is 1. The third kappa shape index (κ3) is 5.08. The van der Waals surface area contributed by atoms with Crippen molar-refractivity contribution in [3.63, 3.8) is 0 Å². The first-order valence-corrected chi connectivity index (χ1v) is 12.2. The molecule has 194 valence electrons. The van der Waals surface area contributed by atoms with E-state index in [1.54, 1.807) is 30.5 Å². The molecule has 0 aliphatic heterocycles. The fraction of sp³-hybridized carbons (Fsp3) is 0.0645. The SMILES string of the molecule is COc1ccc(-c2ccccc2Cn2cc(C(=O)Nc3ccccc3)c3cc(C(=N)N)ccc32)c(C(=O)O)c1. The molecule has 0 saturated heterocycles. The van der Waals surface area contributed by atoms with Crippen LogP contribution in [-0.2, 0) is 6.54 Å². The lowest BCUT2D eigenvalue weighted by Gasteiger charge is -2.14. The van der Waals surface area contributed by atoms with Gasteiger partial charge < -0.3 is 25.5 Å². The van der Waals surface area contributed by atoms with Gasteiger partial charge in [-0.2, -0.15) is 0 Å². The predicted octanol–water partition coefficient (Wildman–Crippen LogP) is 5.60. The van der Waals surface area contributed by atoms with Gasteiger partial charge in [0.05, 0.1) is 18.2 Å². The van der Waals surface area contributed by atoms with Crippen molar-refractivity contribution in [2.45, 2.75) is 6.54 Å². The normalized spacial score (nSPS) is 10.8. The average molecular weight is 519 g/mol. The van der Waals surface area contributed by atoms with Gasteiger partial charge in [-0.05, 0) is 65.2 Å². The summed E-state index contributed by atoms with van der Waals surface area (Å²) in [4.78, 5) is 25.4. The Morgan fingerprint density at radius 3 is 2.38 bits per heavy atom. The Balaban J connectivity index is 1.61. The Hall–Kier alpha value is -5.37. The molecule has 1 amide bonds. The molecule has 5 N–H and O–H groups in total. The zero-order valence-corrected chi connectivity index (χ0v) is 21.1. The molecule has 4 aromatic carbocycles. The number of para-hydroxylation sites is 1. The Morgan fingerprint density at radius 2 is 1.67 bits per heavy atom. The van der Waals surface area contributed by atoms with Crippen LogP contribution >= 0.6 is 0 Å². The summed E-state index contributed by atoms with van der Waals surface area (Å²) < 4.78 is 7.18. The van der Waals surface area contributed by atoms with Crippen LogP contribution in [0.15, 0.2) is 97.2 Å². The standard InChI is InChI=1S/C31H26N4O4/c1-39-22-12-13-24(26(16-22)31(37)38)23-10-6-5-7-20(23)17-35-18-27(30(36)34-21-8-3-2-4-9-21)25-15-19(29(32)33)11-14-28(25)35/h2-16,18H,17H2,1H3,(H3,32,33)(H,34,36)(H,37,38). The highest BCUT2D eigenvalue weighted by molar-refractivity contribution is 6.14. The number of hydrogen-bond donors (Lipinski definition) is 4. The van der Waals surface area contributed by atoms with Gasteiger partial charge in [0.1, 0.15) is 11.6 Å². The van der Waals surface area contributed by atoms with Gasteiger partial charge in [0, 0.05) is 34.9 Å². The quantitative estimate of drug-likeness (QED) is 0.157. The van der Waals surface area contributed by atoms with Gasteiger partial charge in [0.25, 0.3) is 5.91 Å². The molecule has 0 unspecified atom stereocenters. The van der Waals surface area contributed by atoms with Gasteiger partial charge >= 0.3 is 5.97 Å². The third-order valence-corrected chi connectivity index (χ3v) is 6.57. The lowest BCUT2D eigenvalue weighted by Crippen LogP contribution is -2.12. The highest BCUT2D eigenvalue weighted by Crippen LogP contribution is 2.32. The number of carbonyl (C=O) groups excluding carboxylic acids is 1. The van der Waals surface area contributed by atoms with Gasteiger partial charge in [-0.15, -0.1) is 0 Å². The zero-order valence-electron chi connectivity index (χ0n) is 21.1. The van der Waals surface area contributed by atoms with Gasteiger partial charge in [0.15, 0.2) is 0 Å². The minimum absolute atomic E-state index is 0.0925. The number of hydrogen-bond acceptors (Lipinski definition) is 4. The summed E-state index contributed by atoms with van der Waals surface area (Å²) in [7, 11) is 1.49. The summed E-state index contributed by atoms with van der Waals surface area (Å²) in [6, 6.07) is 27.1. The van der Waals surface area contributed by atoms with E-state index in [1.807, 2.05) is 65.2 Å². The van der Waals surface area contributed by atoms with Crippen molar-refractivity contribution < 1.29 is 19.4 Å². The van der Waals surface area contributed by atoms with E-state index in [9.17, 15) is 14.7 Å². The van der Waals surface area contributed by atoms with Crippen molar-refractivity contribution in [1.29, 1.82) is 5.41 Å². The first-order valence-electron chi connectivity index (χ1n) is 12.2. The lowest BCUT2D eigenvalue weighted by molar-refractivity contribution is 0.0697.